The number of ether oxygens (including phenoxy) is 11. The Morgan fingerprint density at radius 2 is 0.769 bits per heavy atom. The smallest absolute Gasteiger partial charge is 0.249 e. The minimum absolute atomic E-state index is 0.0239. The van der Waals surface area contributed by atoms with Gasteiger partial charge in [-0.3, -0.25) is 43.2 Å². The number of aliphatic hydroxyl groups excluding tert-OH is 10. The van der Waals surface area contributed by atoms with E-state index in [2.05, 4.69) is 47.9 Å². The lowest BCUT2D eigenvalue weighted by atomic mass is 9.97. The van der Waals surface area contributed by atoms with Gasteiger partial charge in [0.2, 0.25) is 53.2 Å². The first-order chi connectivity index (χ1) is 49.7. The highest BCUT2D eigenvalue weighted by molar-refractivity contribution is 5.90. The molecule has 4 fully saturated rings. The van der Waals surface area contributed by atoms with Crippen molar-refractivity contribution in [2.45, 2.75) is 247 Å². The van der Waals surface area contributed by atoms with Crippen LogP contribution in [0.4, 0.5) is 0 Å². The van der Waals surface area contributed by atoms with Crippen molar-refractivity contribution in [3.05, 3.63) is 0 Å². The van der Waals surface area contributed by atoms with Crippen LogP contribution in [0.5, 0.6) is 0 Å². The van der Waals surface area contributed by atoms with E-state index in [1.165, 1.54) is 20.8 Å². The number of rotatable bonds is 51. The molecule has 39 nitrogen and oxygen atoms in total. The van der Waals surface area contributed by atoms with Gasteiger partial charge in [-0.05, 0) is 39.5 Å². The maximum atomic E-state index is 13.8. The molecule has 104 heavy (non-hydrogen) atoms. The summed E-state index contributed by atoms with van der Waals surface area (Å²) in [6, 6.07) is -6.18. The fraction of sp³-hybridized carbons (Fsp3) is 0.862. The highest BCUT2D eigenvalue weighted by atomic mass is 16.7. The first-order valence-corrected chi connectivity index (χ1v) is 35.6. The Kier molecular flexibility index (Phi) is 43.7. The van der Waals surface area contributed by atoms with Gasteiger partial charge in [-0.15, -0.1) is 0 Å². The van der Waals surface area contributed by atoms with Gasteiger partial charge in [-0.2, -0.15) is 0 Å². The lowest BCUT2D eigenvalue weighted by molar-refractivity contribution is -0.272. The molecule has 4 aliphatic rings. The second kappa shape index (κ2) is 50.1. The van der Waals surface area contributed by atoms with E-state index in [0.29, 0.717) is 25.8 Å². The van der Waals surface area contributed by atoms with Gasteiger partial charge in [-0.1, -0.05) is 32.1 Å². The van der Waals surface area contributed by atoms with Crippen molar-refractivity contribution in [1.29, 1.82) is 0 Å². The zero-order valence-electron chi connectivity index (χ0n) is 60.0. The molecule has 4 aliphatic heterocycles. The number of carbonyl (C=O) groups excluding carboxylic acids is 9. The zero-order valence-corrected chi connectivity index (χ0v) is 60.0. The van der Waals surface area contributed by atoms with Crippen molar-refractivity contribution in [2.24, 2.45) is 0 Å². The molecule has 0 aromatic rings. The fourth-order valence-corrected chi connectivity index (χ4v) is 11.7. The predicted octanol–water partition coefficient (Wildman–Crippen LogP) is -8.02. The van der Waals surface area contributed by atoms with Crippen LogP contribution in [0.25, 0.3) is 0 Å². The average Bonchev–Trinajstić information content (AvgIpc) is 1.12. The van der Waals surface area contributed by atoms with E-state index < -0.39 is 190 Å². The number of hydrogen-bond donors (Lipinski definition) is 19. The molecular formula is C65H115N9O30. The van der Waals surface area contributed by atoms with Crippen molar-refractivity contribution < 1.29 is 146 Å². The molecule has 20 atom stereocenters. The van der Waals surface area contributed by atoms with Crippen molar-refractivity contribution in [2.75, 3.05) is 112 Å². The van der Waals surface area contributed by atoms with E-state index in [4.69, 9.17) is 52.1 Å². The Balaban J connectivity index is 1.33. The Hall–Kier alpha value is -5.61. The summed E-state index contributed by atoms with van der Waals surface area (Å²) >= 11 is 0. The average molecular weight is 1500 g/mol. The molecule has 4 heterocycles. The highest BCUT2D eigenvalue weighted by Gasteiger charge is 2.48. The number of carbonyl (C=O) groups is 9. The molecular weight excluding hydrogens is 1390 g/mol. The molecule has 0 aliphatic carbocycles. The zero-order chi connectivity index (χ0) is 76.7. The van der Waals surface area contributed by atoms with Crippen LogP contribution >= 0.6 is 0 Å². The molecule has 0 aromatic heterocycles. The van der Waals surface area contributed by atoms with Crippen LogP contribution < -0.4 is 47.9 Å². The predicted molar refractivity (Wildman–Crippen MR) is 358 cm³/mol. The number of amides is 9. The van der Waals surface area contributed by atoms with Crippen LogP contribution in [0.3, 0.4) is 0 Å². The summed E-state index contributed by atoms with van der Waals surface area (Å²) in [6.07, 6.45) is -14.0. The van der Waals surface area contributed by atoms with E-state index in [1.807, 2.05) is 13.8 Å². The molecule has 0 radical (unpaired) electrons. The molecule has 4 saturated heterocycles. The second-order valence-electron chi connectivity index (χ2n) is 25.8. The van der Waals surface area contributed by atoms with Gasteiger partial charge in [0.05, 0.1) is 98.1 Å². The largest absolute Gasteiger partial charge is 0.394 e. The SMILES string of the molecule is CC(=O)NC1C(OCCOCCNC(=O)CCC(NC(=O)CCC(NC(=O)CCCCCCCCCNC(=O)[C@H]2C[C@H](OC(C)C)[C@@H](CO)O2)C(=O)NCCOCCOC2OC(CO)C(O)C(O)C2NC(C)=O)C(=O)NCCOCCOC2OC(CO)C(O)C(O)C2NC(C)=O)OC(CO)C(O)C1O. The highest BCUT2D eigenvalue weighted by Crippen LogP contribution is 2.27. The molecule has 4 rings (SSSR count). The molecule has 9 amide bonds. The Morgan fingerprint density at radius 3 is 1.15 bits per heavy atom. The van der Waals surface area contributed by atoms with Crippen LogP contribution in [0, 0.1) is 0 Å². The van der Waals surface area contributed by atoms with Crippen molar-refractivity contribution in [3.8, 4) is 0 Å². The summed E-state index contributed by atoms with van der Waals surface area (Å²) in [5.41, 5.74) is 0. The first kappa shape index (κ1) is 90.8. The van der Waals surface area contributed by atoms with Crippen LogP contribution in [0.15, 0.2) is 0 Å². The lowest BCUT2D eigenvalue weighted by Crippen LogP contribution is -2.64. The van der Waals surface area contributed by atoms with Gasteiger partial charge in [-0.25, -0.2) is 0 Å². The number of hydrogen-bond acceptors (Lipinski definition) is 30. The van der Waals surface area contributed by atoms with Crippen LogP contribution in [-0.2, 0) is 95.3 Å². The van der Waals surface area contributed by atoms with Gasteiger partial charge in [0.15, 0.2) is 18.9 Å². The maximum absolute atomic E-state index is 13.8. The number of aliphatic hydroxyl groups is 10. The van der Waals surface area contributed by atoms with Crippen molar-refractivity contribution in [1.82, 2.24) is 47.9 Å². The molecule has 39 heteroatoms. The lowest BCUT2D eigenvalue weighted by Gasteiger charge is -2.42. The summed E-state index contributed by atoms with van der Waals surface area (Å²) in [6.45, 7) is 4.33. The summed E-state index contributed by atoms with van der Waals surface area (Å²) in [4.78, 5) is 116. The summed E-state index contributed by atoms with van der Waals surface area (Å²) in [5.74, 6) is -5.09. The number of nitrogens with one attached hydrogen (secondary N) is 9. The standard InChI is InChI=1S/C65H115N9O30/c1-36(2)100-42-31-43(101-44(42)32-75)62(93)67-18-12-10-8-6-7-9-11-13-49(83)73-41(61(92)69-21-24-96-27-30-99-65-53(72-39(5)81)59(90)56(87)47(35-78)104-65)15-17-50(84)74-40(60(91)68-20-23-95-26-29-98-64-52(71-38(4)80)58(89)55(86)46(34-77)103-64)14-16-48(82)66-19-22-94-25-28-97-63-51(70-37(3)79)57(88)54(85)45(33-76)102-63/h36,40-47,51-59,63-65,75-78,85-90H,6-35H2,1-5H3,(H,66,82)(H,67,93)(H,68,91)(H,69,92)(H,70,79)(H,71,80)(H,72,81)(H,73,83)(H,74,84)/t40?,41?,42-,43+,44+,45?,46?,47?,51?,52?,53?,54?,55?,56?,57?,58?,59?,63?,64?,65?/m0/s1. The van der Waals surface area contributed by atoms with Crippen LogP contribution in [-0.4, -0.2) is 345 Å². The van der Waals surface area contributed by atoms with E-state index in [-0.39, 0.29) is 130 Å². The van der Waals surface area contributed by atoms with E-state index >= 15 is 0 Å². The van der Waals surface area contributed by atoms with Gasteiger partial charge in [0.25, 0.3) is 0 Å². The third-order valence-electron chi connectivity index (χ3n) is 17.1. The summed E-state index contributed by atoms with van der Waals surface area (Å²) in [7, 11) is 0. The normalized spacial score (nSPS) is 28.2. The summed E-state index contributed by atoms with van der Waals surface area (Å²) < 4.78 is 61.9. The molecule has 0 aromatic carbocycles. The minimum atomic E-state index is -1.55. The second-order valence-corrected chi connectivity index (χ2v) is 25.8. The Morgan fingerprint density at radius 1 is 0.404 bits per heavy atom. The van der Waals surface area contributed by atoms with Crippen LogP contribution in [0.2, 0.25) is 0 Å². The number of unbranched alkanes of at least 4 members (excludes halogenated alkanes) is 6. The van der Waals surface area contributed by atoms with Gasteiger partial charge < -0.3 is 151 Å². The van der Waals surface area contributed by atoms with Crippen LogP contribution in [0.1, 0.15) is 118 Å². The fourth-order valence-electron chi connectivity index (χ4n) is 11.7. The maximum Gasteiger partial charge on any atom is 0.249 e. The third-order valence-corrected chi connectivity index (χ3v) is 17.1. The van der Waals surface area contributed by atoms with Crippen molar-refractivity contribution in [3.63, 3.8) is 0 Å². The molecule has 0 bridgehead atoms. The monoisotopic (exact) mass is 1500 g/mol. The first-order valence-electron chi connectivity index (χ1n) is 35.6. The molecule has 600 valence electrons. The molecule has 0 saturated carbocycles. The van der Waals surface area contributed by atoms with Gasteiger partial charge >= 0.3 is 0 Å². The third kappa shape index (κ3) is 32.9. The minimum Gasteiger partial charge on any atom is -0.394 e. The van der Waals surface area contributed by atoms with Gasteiger partial charge in [0, 0.05) is 72.6 Å². The van der Waals surface area contributed by atoms with E-state index in [1.54, 1.807) is 0 Å². The van der Waals surface area contributed by atoms with E-state index in [9.17, 15) is 94.2 Å². The quantitative estimate of drug-likeness (QED) is 0.0252. The Bertz CT molecular complexity index is 2560. The Labute approximate surface area is 604 Å². The topological polar surface area (TPSA) is 566 Å². The molecule has 19 N–H and O–H groups in total. The van der Waals surface area contributed by atoms with E-state index in [0.717, 1.165) is 32.1 Å². The summed E-state index contributed by atoms with van der Waals surface area (Å²) in [5, 5.41) is 125. The van der Waals surface area contributed by atoms with Gasteiger partial charge in [0.1, 0.15) is 97.4 Å². The molecule has 0 spiro atoms. The molecule has 17 unspecified atom stereocenters. The van der Waals surface area contributed by atoms with Crippen molar-refractivity contribution >= 4 is 53.2 Å².